The van der Waals surface area contributed by atoms with Crippen LogP contribution in [0.15, 0.2) is 57.7 Å². The van der Waals surface area contributed by atoms with Gasteiger partial charge in [-0.1, -0.05) is 24.3 Å². The van der Waals surface area contributed by atoms with E-state index in [0.29, 0.717) is 22.0 Å². The first kappa shape index (κ1) is 15.4. The third kappa shape index (κ3) is 2.26. The second-order valence-corrected chi connectivity index (χ2v) is 5.09. The summed E-state index contributed by atoms with van der Waals surface area (Å²) in [5, 5.41) is 11.1. The fraction of sp³-hybridized carbons (Fsp3) is 0.0588. The standard InChI is InChI=1S/C17H12N2O3.Zn/c1-19-12-8-4-2-6-10(12)15(20)14(17(19)21)16-18-11-7-3-5-9-13(11)22-16;/h2-9,20H,1H3;. The van der Waals surface area contributed by atoms with Gasteiger partial charge in [0.1, 0.15) is 16.8 Å². The number of hydrogen-bond acceptors (Lipinski definition) is 4. The van der Waals surface area contributed by atoms with E-state index in [1.807, 2.05) is 24.3 Å². The molecule has 0 aliphatic rings. The van der Waals surface area contributed by atoms with Gasteiger partial charge in [-0.25, -0.2) is 4.98 Å². The van der Waals surface area contributed by atoms with E-state index in [1.165, 1.54) is 4.57 Å². The van der Waals surface area contributed by atoms with E-state index in [2.05, 4.69) is 4.98 Å². The molecule has 0 fully saturated rings. The Morgan fingerprint density at radius 3 is 2.57 bits per heavy atom. The summed E-state index contributed by atoms with van der Waals surface area (Å²) in [7, 11) is 1.66. The molecule has 6 heteroatoms. The van der Waals surface area contributed by atoms with Gasteiger partial charge in [0, 0.05) is 31.9 Å². The first-order valence-electron chi connectivity index (χ1n) is 6.83. The van der Waals surface area contributed by atoms with E-state index in [4.69, 9.17) is 4.42 Å². The van der Waals surface area contributed by atoms with E-state index >= 15 is 0 Å². The van der Waals surface area contributed by atoms with Crippen LogP contribution in [-0.2, 0) is 26.5 Å². The molecule has 4 rings (SSSR count). The molecule has 0 atom stereocenters. The molecular formula is C17H12N2O3Zn. The molecule has 4 aromatic rings. The van der Waals surface area contributed by atoms with Gasteiger partial charge in [-0.3, -0.25) is 4.79 Å². The molecule has 23 heavy (non-hydrogen) atoms. The number of fused-ring (bicyclic) bond motifs is 2. The van der Waals surface area contributed by atoms with Gasteiger partial charge in [0.2, 0.25) is 5.89 Å². The number of para-hydroxylation sites is 3. The maximum absolute atomic E-state index is 12.6. The molecule has 0 bridgehead atoms. The first-order valence-corrected chi connectivity index (χ1v) is 6.83. The molecule has 0 saturated heterocycles. The van der Waals surface area contributed by atoms with Crippen molar-refractivity contribution in [3.8, 4) is 17.2 Å². The summed E-state index contributed by atoms with van der Waals surface area (Å²) in [6.45, 7) is 0. The number of hydrogen-bond donors (Lipinski definition) is 1. The predicted molar refractivity (Wildman–Crippen MR) is 83.9 cm³/mol. The number of rotatable bonds is 1. The van der Waals surface area contributed by atoms with Gasteiger partial charge in [-0.15, -0.1) is 0 Å². The van der Waals surface area contributed by atoms with Crippen LogP contribution >= 0.6 is 0 Å². The smallest absolute Gasteiger partial charge is 0.267 e. The van der Waals surface area contributed by atoms with Gasteiger partial charge in [0.15, 0.2) is 5.58 Å². The summed E-state index contributed by atoms with van der Waals surface area (Å²) in [5.41, 5.74) is 1.62. The largest absolute Gasteiger partial charge is 0.506 e. The van der Waals surface area contributed by atoms with Gasteiger partial charge in [0.05, 0.1) is 5.52 Å². The Morgan fingerprint density at radius 1 is 1.09 bits per heavy atom. The summed E-state index contributed by atoms with van der Waals surface area (Å²) in [5.74, 6) is 0.0234. The van der Waals surface area contributed by atoms with Crippen LogP contribution in [-0.4, -0.2) is 14.7 Å². The van der Waals surface area contributed by atoms with E-state index in [1.54, 1.807) is 31.3 Å². The SMILES string of the molecule is Cn1c(=O)c(-c2nc3ccccc3o2)c(O)c2ccccc21.[Zn]. The van der Waals surface area contributed by atoms with Crippen LogP contribution in [0, 0.1) is 0 Å². The minimum absolute atomic E-state index is 0. The van der Waals surface area contributed by atoms with Crippen LogP contribution in [0.2, 0.25) is 0 Å². The van der Waals surface area contributed by atoms with Gasteiger partial charge in [-0.05, 0) is 24.3 Å². The van der Waals surface area contributed by atoms with E-state index in [0.717, 1.165) is 0 Å². The van der Waals surface area contributed by atoms with Gasteiger partial charge >= 0.3 is 0 Å². The molecule has 0 saturated carbocycles. The van der Waals surface area contributed by atoms with Crippen molar-refractivity contribution in [1.82, 2.24) is 9.55 Å². The van der Waals surface area contributed by atoms with Crippen LogP contribution in [0.3, 0.4) is 0 Å². The summed E-state index contributed by atoms with van der Waals surface area (Å²) < 4.78 is 7.12. The monoisotopic (exact) mass is 356 g/mol. The van der Waals surface area contributed by atoms with E-state index in [-0.39, 0.29) is 42.2 Å². The quantitative estimate of drug-likeness (QED) is 0.532. The number of nitrogens with zero attached hydrogens (tertiary/aromatic N) is 2. The molecule has 0 radical (unpaired) electrons. The Balaban J connectivity index is 0.00000156. The van der Waals surface area contributed by atoms with Crippen molar-refractivity contribution >= 4 is 22.0 Å². The zero-order chi connectivity index (χ0) is 15.3. The number of aryl methyl sites for hydroxylation is 1. The molecule has 0 unspecified atom stereocenters. The molecule has 0 spiro atoms. The molecule has 2 aromatic heterocycles. The Kier molecular flexibility index (Phi) is 3.78. The summed E-state index contributed by atoms with van der Waals surface area (Å²) in [6, 6.07) is 14.4. The minimum atomic E-state index is -0.345. The fourth-order valence-electron chi connectivity index (χ4n) is 2.65. The van der Waals surface area contributed by atoms with Crippen LogP contribution in [0.5, 0.6) is 5.75 Å². The average molecular weight is 358 g/mol. The van der Waals surface area contributed by atoms with Gasteiger partial charge in [0.25, 0.3) is 5.56 Å². The third-order valence-corrected chi connectivity index (χ3v) is 3.78. The molecule has 110 valence electrons. The van der Waals surface area contributed by atoms with Crippen molar-refractivity contribution in [3.63, 3.8) is 0 Å². The first-order chi connectivity index (χ1) is 10.7. The topological polar surface area (TPSA) is 68.3 Å². The Bertz CT molecular complexity index is 1050. The maximum Gasteiger partial charge on any atom is 0.267 e. The molecular weight excluding hydrogens is 346 g/mol. The molecule has 0 amide bonds. The zero-order valence-electron chi connectivity index (χ0n) is 12.5. The summed E-state index contributed by atoms with van der Waals surface area (Å²) in [6.07, 6.45) is 0. The molecule has 2 heterocycles. The van der Waals surface area contributed by atoms with Crippen molar-refractivity contribution in [2.24, 2.45) is 7.05 Å². The van der Waals surface area contributed by atoms with E-state index in [9.17, 15) is 9.90 Å². The number of pyridine rings is 1. The van der Waals surface area contributed by atoms with E-state index < -0.39 is 0 Å². The van der Waals surface area contributed by atoms with Crippen LogP contribution in [0.25, 0.3) is 33.5 Å². The average Bonchev–Trinajstić information content (AvgIpc) is 2.96. The van der Waals surface area contributed by atoms with Crippen LogP contribution in [0.4, 0.5) is 0 Å². The molecule has 1 N–H and O–H groups in total. The second-order valence-electron chi connectivity index (χ2n) is 5.09. The molecule has 0 aliphatic heterocycles. The van der Waals surface area contributed by atoms with Crippen molar-refractivity contribution in [2.45, 2.75) is 0 Å². The van der Waals surface area contributed by atoms with Gasteiger partial charge < -0.3 is 14.1 Å². The third-order valence-electron chi connectivity index (χ3n) is 3.78. The van der Waals surface area contributed by atoms with Crippen LogP contribution in [0.1, 0.15) is 0 Å². The van der Waals surface area contributed by atoms with Crippen molar-refractivity contribution in [3.05, 3.63) is 58.9 Å². The van der Waals surface area contributed by atoms with Crippen LogP contribution < -0.4 is 5.56 Å². The zero-order valence-corrected chi connectivity index (χ0v) is 15.5. The predicted octanol–water partition coefficient (Wildman–Crippen LogP) is 3.05. The Hall–Kier alpha value is -2.46. The summed E-state index contributed by atoms with van der Waals surface area (Å²) in [4.78, 5) is 16.9. The Labute approximate surface area is 143 Å². The molecule has 2 aromatic carbocycles. The summed E-state index contributed by atoms with van der Waals surface area (Å²) >= 11 is 0. The maximum atomic E-state index is 12.6. The van der Waals surface area contributed by atoms with Crippen molar-refractivity contribution in [2.75, 3.05) is 0 Å². The number of oxazole rings is 1. The fourth-order valence-corrected chi connectivity index (χ4v) is 2.65. The molecule has 5 nitrogen and oxygen atoms in total. The normalized spacial score (nSPS) is 10.8. The molecule has 0 aliphatic carbocycles. The van der Waals surface area contributed by atoms with Crippen molar-refractivity contribution in [1.29, 1.82) is 0 Å². The minimum Gasteiger partial charge on any atom is -0.506 e. The van der Waals surface area contributed by atoms with Crippen molar-refractivity contribution < 1.29 is 29.0 Å². The van der Waals surface area contributed by atoms with Gasteiger partial charge in [-0.2, -0.15) is 0 Å². The second kappa shape index (κ2) is 5.63. The number of aromatic hydroxyl groups is 1. The number of benzene rings is 2. The Morgan fingerprint density at radius 2 is 1.78 bits per heavy atom. The number of aromatic nitrogens is 2.